The maximum absolute atomic E-state index is 8.59. The summed E-state index contributed by atoms with van der Waals surface area (Å²) < 4.78 is 0. The Balaban J connectivity index is 2.67. The summed E-state index contributed by atoms with van der Waals surface area (Å²) in [6, 6.07) is 12.2. The highest BCUT2D eigenvalue weighted by Gasteiger charge is 2.00. The van der Waals surface area contributed by atoms with Gasteiger partial charge in [0.1, 0.15) is 0 Å². The molecular formula is C12H10N2. The molecule has 0 bridgehead atoms. The van der Waals surface area contributed by atoms with Crippen LogP contribution >= 0.6 is 0 Å². The van der Waals surface area contributed by atoms with Gasteiger partial charge in [-0.1, -0.05) is 24.3 Å². The first-order valence-electron chi connectivity index (χ1n) is 4.53. The van der Waals surface area contributed by atoms with E-state index in [1.54, 1.807) is 0 Å². The molecule has 0 aliphatic carbocycles. The molecule has 0 N–H and O–H groups in total. The standard InChI is InChI=1S/C12H10N2/c1-9-12-5-3-2-4-10(12)8-11(14-9)6-7-13/h2-5,8H,6H2,1H3. The van der Waals surface area contributed by atoms with Gasteiger partial charge in [0.05, 0.1) is 18.2 Å². The highest BCUT2D eigenvalue weighted by atomic mass is 14.7. The fraction of sp³-hybridized carbons (Fsp3) is 0.167. The second-order valence-electron chi connectivity index (χ2n) is 3.26. The Hall–Kier alpha value is -1.88. The number of hydrogen-bond donors (Lipinski definition) is 0. The lowest BCUT2D eigenvalue weighted by atomic mass is 10.1. The maximum Gasteiger partial charge on any atom is 0.0775 e. The minimum Gasteiger partial charge on any atom is -0.256 e. The van der Waals surface area contributed by atoms with Crippen LogP contribution in [0.1, 0.15) is 11.4 Å². The van der Waals surface area contributed by atoms with Crippen LogP contribution in [0.25, 0.3) is 10.8 Å². The number of nitriles is 1. The van der Waals surface area contributed by atoms with Gasteiger partial charge in [-0.2, -0.15) is 5.26 Å². The van der Waals surface area contributed by atoms with Gasteiger partial charge in [-0.3, -0.25) is 4.98 Å². The van der Waals surface area contributed by atoms with E-state index in [1.807, 2.05) is 37.3 Å². The first-order chi connectivity index (χ1) is 6.81. The summed E-state index contributed by atoms with van der Waals surface area (Å²) in [5.41, 5.74) is 1.84. The Labute approximate surface area is 82.8 Å². The summed E-state index contributed by atoms with van der Waals surface area (Å²) in [6.45, 7) is 1.98. The fourth-order valence-corrected chi connectivity index (χ4v) is 1.61. The minimum atomic E-state index is 0.381. The molecule has 0 spiro atoms. The van der Waals surface area contributed by atoms with Gasteiger partial charge < -0.3 is 0 Å². The van der Waals surface area contributed by atoms with E-state index in [0.29, 0.717) is 6.42 Å². The average Bonchev–Trinajstić information content (AvgIpc) is 2.18. The minimum absolute atomic E-state index is 0.381. The Morgan fingerprint density at radius 1 is 1.36 bits per heavy atom. The molecule has 2 nitrogen and oxygen atoms in total. The number of aromatic nitrogens is 1. The topological polar surface area (TPSA) is 36.7 Å². The smallest absolute Gasteiger partial charge is 0.0775 e. The van der Waals surface area contributed by atoms with Gasteiger partial charge in [0.15, 0.2) is 0 Å². The fourth-order valence-electron chi connectivity index (χ4n) is 1.61. The van der Waals surface area contributed by atoms with Crippen molar-refractivity contribution >= 4 is 10.8 Å². The number of hydrogen-bond acceptors (Lipinski definition) is 2. The monoisotopic (exact) mass is 182 g/mol. The van der Waals surface area contributed by atoms with Crippen molar-refractivity contribution in [3.05, 3.63) is 41.7 Å². The van der Waals surface area contributed by atoms with Crippen LogP contribution in [0.15, 0.2) is 30.3 Å². The summed E-state index contributed by atoms with van der Waals surface area (Å²) in [5.74, 6) is 0. The van der Waals surface area contributed by atoms with Gasteiger partial charge in [-0.05, 0) is 18.4 Å². The third-order valence-electron chi connectivity index (χ3n) is 2.24. The number of aryl methyl sites for hydroxylation is 1. The van der Waals surface area contributed by atoms with Crippen LogP contribution in [0.5, 0.6) is 0 Å². The van der Waals surface area contributed by atoms with Crippen molar-refractivity contribution in [3.8, 4) is 6.07 Å². The van der Waals surface area contributed by atoms with E-state index in [9.17, 15) is 0 Å². The molecule has 0 radical (unpaired) electrons. The van der Waals surface area contributed by atoms with Gasteiger partial charge in [0.25, 0.3) is 0 Å². The average molecular weight is 182 g/mol. The van der Waals surface area contributed by atoms with Crippen LogP contribution in [0.4, 0.5) is 0 Å². The molecule has 0 fully saturated rings. The predicted molar refractivity (Wildman–Crippen MR) is 55.8 cm³/mol. The van der Waals surface area contributed by atoms with Crippen molar-refractivity contribution in [2.75, 3.05) is 0 Å². The number of benzene rings is 1. The van der Waals surface area contributed by atoms with Crippen molar-refractivity contribution in [2.24, 2.45) is 0 Å². The van der Waals surface area contributed by atoms with E-state index in [0.717, 1.165) is 22.2 Å². The van der Waals surface area contributed by atoms with Crippen molar-refractivity contribution < 1.29 is 0 Å². The van der Waals surface area contributed by atoms with E-state index < -0.39 is 0 Å². The molecule has 1 aromatic carbocycles. The van der Waals surface area contributed by atoms with Crippen molar-refractivity contribution in [1.29, 1.82) is 5.26 Å². The number of nitrogens with zero attached hydrogens (tertiary/aromatic N) is 2. The summed E-state index contributed by atoms with van der Waals surface area (Å²) in [5, 5.41) is 10.9. The molecule has 1 heterocycles. The molecule has 14 heavy (non-hydrogen) atoms. The normalized spacial score (nSPS) is 10.0. The van der Waals surface area contributed by atoms with Crippen molar-refractivity contribution in [2.45, 2.75) is 13.3 Å². The second-order valence-corrected chi connectivity index (χ2v) is 3.26. The van der Waals surface area contributed by atoms with E-state index in [-0.39, 0.29) is 0 Å². The van der Waals surface area contributed by atoms with Gasteiger partial charge >= 0.3 is 0 Å². The predicted octanol–water partition coefficient (Wildman–Crippen LogP) is 2.61. The van der Waals surface area contributed by atoms with Crippen LogP contribution in [-0.2, 0) is 6.42 Å². The Morgan fingerprint density at radius 2 is 2.14 bits per heavy atom. The Bertz CT molecular complexity index is 509. The maximum atomic E-state index is 8.59. The zero-order valence-corrected chi connectivity index (χ0v) is 7.99. The van der Waals surface area contributed by atoms with Crippen LogP contribution in [-0.4, -0.2) is 4.98 Å². The molecule has 0 amide bonds. The first kappa shape index (κ1) is 8.71. The Kier molecular flexibility index (Phi) is 2.16. The molecule has 2 rings (SSSR count). The molecule has 0 saturated heterocycles. The molecule has 0 unspecified atom stereocenters. The summed E-state index contributed by atoms with van der Waals surface area (Å²) in [7, 11) is 0. The first-order valence-corrected chi connectivity index (χ1v) is 4.53. The number of rotatable bonds is 1. The second kappa shape index (κ2) is 3.47. The highest BCUT2D eigenvalue weighted by molar-refractivity contribution is 5.84. The lowest BCUT2D eigenvalue weighted by Crippen LogP contribution is -1.92. The molecule has 0 aliphatic rings. The molecular weight excluding hydrogens is 172 g/mol. The molecule has 0 aliphatic heterocycles. The zero-order valence-electron chi connectivity index (χ0n) is 7.99. The largest absolute Gasteiger partial charge is 0.256 e. The highest BCUT2D eigenvalue weighted by Crippen LogP contribution is 2.17. The molecule has 68 valence electrons. The van der Waals surface area contributed by atoms with Crippen LogP contribution in [0.2, 0.25) is 0 Å². The lowest BCUT2D eigenvalue weighted by molar-refractivity contribution is 1.09. The number of pyridine rings is 1. The van der Waals surface area contributed by atoms with Crippen LogP contribution < -0.4 is 0 Å². The van der Waals surface area contributed by atoms with E-state index in [1.165, 1.54) is 0 Å². The summed E-state index contributed by atoms with van der Waals surface area (Å²) in [6.07, 6.45) is 0.381. The quantitative estimate of drug-likeness (QED) is 0.679. The molecule has 0 atom stereocenters. The van der Waals surface area contributed by atoms with E-state index >= 15 is 0 Å². The lowest BCUT2D eigenvalue weighted by Gasteiger charge is -2.03. The van der Waals surface area contributed by atoms with E-state index in [4.69, 9.17) is 5.26 Å². The third-order valence-corrected chi connectivity index (χ3v) is 2.24. The van der Waals surface area contributed by atoms with Gasteiger partial charge in [-0.15, -0.1) is 0 Å². The SMILES string of the molecule is Cc1nc(CC#N)cc2ccccc12. The van der Waals surface area contributed by atoms with Crippen molar-refractivity contribution in [1.82, 2.24) is 4.98 Å². The van der Waals surface area contributed by atoms with Crippen LogP contribution in [0.3, 0.4) is 0 Å². The molecule has 0 saturated carbocycles. The molecule has 2 aromatic rings. The summed E-state index contributed by atoms with van der Waals surface area (Å²) in [4.78, 5) is 4.37. The zero-order chi connectivity index (χ0) is 9.97. The van der Waals surface area contributed by atoms with Gasteiger partial charge in [0.2, 0.25) is 0 Å². The van der Waals surface area contributed by atoms with Gasteiger partial charge in [-0.25, -0.2) is 0 Å². The van der Waals surface area contributed by atoms with Gasteiger partial charge in [0, 0.05) is 11.1 Å². The van der Waals surface area contributed by atoms with E-state index in [2.05, 4.69) is 11.1 Å². The van der Waals surface area contributed by atoms with Crippen molar-refractivity contribution in [3.63, 3.8) is 0 Å². The Morgan fingerprint density at radius 3 is 2.93 bits per heavy atom. The molecule has 1 aromatic heterocycles. The number of fused-ring (bicyclic) bond motifs is 1. The molecule has 2 heteroatoms. The summed E-state index contributed by atoms with van der Waals surface area (Å²) >= 11 is 0. The third kappa shape index (κ3) is 1.45. The van der Waals surface area contributed by atoms with Crippen LogP contribution in [0, 0.1) is 18.3 Å².